The lowest BCUT2D eigenvalue weighted by Crippen LogP contribution is -2.47. The number of carbonyl (C=O) groups is 3. The fraction of sp³-hybridized carbons (Fsp3) is 0.400. The Bertz CT molecular complexity index is 1140. The molecule has 4 rings (SSSR count). The highest BCUT2D eigenvalue weighted by atomic mass is 35.5. The topological polar surface area (TPSA) is 95.7 Å². The lowest BCUT2D eigenvalue weighted by Gasteiger charge is -2.30. The second-order valence-corrected chi connectivity index (χ2v) is 9.42. The number of rotatable bonds is 8. The standard InChI is InChI=1S/C25H28ClFN4O3/c1-14-24(15(2)32)19-10-17(28)6-9-21(19)30(14)13-23(34)31(18-7-8-18)12-22(33)29-11-16-4-3-5-20(26)25(16)27/h3-6,9-10,14,18,24H,7-8,11-13,28H2,1-2H3,(H,29,33). The Balaban J connectivity index is 1.44. The van der Waals surface area contributed by atoms with E-state index in [-0.39, 0.29) is 65.8 Å². The molecular weight excluding hydrogens is 459 g/mol. The highest BCUT2D eigenvalue weighted by Crippen LogP contribution is 2.42. The second-order valence-electron chi connectivity index (χ2n) is 9.02. The van der Waals surface area contributed by atoms with E-state index in [4.69, 9.17) is 17.3 Å². The van der Waals surface area contributed by atoms with E-state index in [1.807, 2.05) is 17.9 Å². The van der Waals surface area contributed by atoms with Crippen LogP contribution in [0.1, 0.15) is 43.7 Å². The number of amides is 2. The predicted molar refractivity (Wildman–Crippen MR) is 129 cm³/mol. The summed E-state index contributed by atoms with van der Waals surface area (Å²) in [6.07, 6.45) is 1.67. The van der Waals surface area contributed by atoms with Gasteiger partial charge in [0.25, 0.3) is 0 Å². The average Bonchev–Trinajstić information content (AvgIpc) is 3.58. The van der Waals surface area contributed by atoms with Crippen molar-refractivity contribution in [1.82, 2.24) is 10.2 Å². The van der Waals surface area contributed by atoms with Crippen molar-refractivity contribution in [3.05, 3.63) is 58.4 Å². The molecule has 2 unspecified atom stereocenters. The predicted octanol–water partition coefficient (Wildman–Crippen LogP) is 3.25. The monoisotopic (exact) mass is 486 g/mol. The van der Waals surface area contributed by atoms with Crippen molar-refractivity contribution in [3.63, 3.8) is 0 Å². The van der Waals surface area contributed by atoms with Crippen molar-refractivity contribution >= 4 is 40.6 Å². The van der Waals surface area contributed by atoms with Crippen molar-refractivity contribution in [2.24, 2.45) is 0 Å². The van der Waals surface area contributed by atoms with Gasteiger partial charge in [-0.15, -0.1) is 0 Å². The van der Waals surface area contributed by atoms with Crippen LogP contribution in [-0.2, 0) is 20.9 Å². The lowest BCUT2D eigenvalue weighted by atomic mass is 9.92. The van der Waals surface area contributed by atoms with Crippen LogP contribution in [0.5, 0.6) is 0 Å². The van der Waals surface area contributed by atoms with Crippen molar-refractivity contribution in [2.75, 3.05) is 23.7 Å². The minimum Gasteiger partial charge on any atom is -0.399 e. The van der Waals surface area contributed by atoms with E-state index in [9.17, 15) is 18.8 Å². The number of hydrogen-bond acceptors (Lipinski definition) is 5. The minimum atomic E-state index is -0.568. The van der Waals surface area contributed by atoms with Gasteiger partial charge in [0, 0.05) is 35.6 Å². The zero-order chi connectivity index (χ0) is 24.6. The molecule has 2 aromatic carbocycles. The van der Waals surface area contributed by atoms with E-state index in [1.54, 1.807) is 36.1 Å². The molecule has 180 valence electrons. The third kappa shape index (κ3) is 4.87. The Morgan fingerprint density at radius 1 is 1.24 bits per heavy atom. The number of anilines is 2. The molecule has 1 aliphatic carbocycles. The molecule has 2 aliphatic rings. The molecule has 9 heteroatoms. The summed E-state index contributed by atoms with van der Waals surface area (Å²) in [5.41, 5.74) is 8.43. The summed E-state index contributed by atoms with van der Waals surface area (Å²) in [6.45, 7) is 3.38. The Morgan fingerprint density at radius 2 is 1.97 bits per heavy atom. The first-order chi connectivity index (χ1) is 16.2. The molecule has 2 aromatic rings. The molecule has 1 aliphatic heterocycles. The summed E-state index contributed by atoms with van der Waals surface area (Å²) < 4.78 is 14.1. The molecule has 2 amide bonds. The summed E-state index contributed by atoms with van der Waals surface area (Å²) in [5.74, 6) is -1.48. The highest BCUT2D eigenvalue weighted by molar-refractivity contribution is 6.30. The van der Waals surface area contributed by atoms with Crippen LogP contribution < -0.4 is 16.0 Å². The largest absolute Gasteiger partial charge is 0.399 e. The van der Waals surface area contributed by atoms with Crippen molar-refractivity contribution in [2.45, 2.75) is 51.2 Å². The quantitative estimate of drug-likeness (QED) is 0.558. The molecule has 0 spiro atoms. The van der Waals surface area contributed by atoms with Gasteiger partial charge in [0.2, 0.25) is 11.8 Å². The van der Waals surface area contributed by atoms with Gasteiger partial charge in [-0.2, -0.15) is 0 Å². The summed E-state index contributed by atoms with van der Waals surface area (Å²) >= 11 is 5.80. The fourth-order valence-electron chi connectivity index (χ4n) is 4.66. The van der Waals surface area contributed by atoms with E-state index in [1.165, 1.54) is 6.07 Å². The van der Waals surface area contributed by atoms with Crippen LogP contribution in [0.4, 0.5) is 15.8 Å². The van der Waals surface area contributed by atoms with Crippen molar-refractivity contribution in [3.8, 4) is 0 Å². The number of Topliss-reactive ketones (excluding diaryl/α,β-unsaturated/α-hetero) is 1. The number of nitrogen functional groups attached to an aromatic ring is 1. The number of nitrogens with two attached hydrogens (primary N) is 1. The number of ketones is 1. The normalized spacial score (nSPS) is 19.0. The number of nitrogens with one attached hydrogen (secondary N) is 1. The summed E-state index contributed by atoms with van der Waals surface area (Å²) in [5, 5.41) is 2.67. The number of halogens is 2. The Hall–Kier alpha value is -3.13. The zero-order valence-electron chi connectivity index (χ0n) is 19.2. The molecule has 1 saturated carbocycles. The molecule has 34 heavy (non-hydrogen) atoms. The average molecular weight is 487 g/mol. The van der Waals surface area contributed by atoms with Gasteiger partial charge in [0.1, 0.15) is 11.6 Å². The molecule has 2 atom stereocenters. The van der Waals surface area contributed by atoms with E-state index in [0.29, 0.717) is 5.69 Å². The van der Waals surface area contributed by atoms with Gasteiger partial charge in [0.05, 0.1) is 24.0 Å². The molecule has 0 bridgehead atoms. The molecular formula is C25H28ClFN4O3. The van der Waals surface area contributed by atoms with Gasteiger partial charge in [-0.25, -0.2) is 4.39 Å². The molecule has 1 heterocycles. The van der Waals surface area contributed by atoms with Gasteiger partial charge in [-0.1, -0.05) is 23.7 Å². The molecule has 3 N–H and O–H groups in total. The van der Waals surface area contributed by atoms with Gasteiger partial charge >= 0.3 is 0 Å². The first kappa shape index (κ1) is 24.0. The molecule has 1 fully saturated rings. The minimum absolute atomic E-state index is 0.00725. The number of benzene rings is 2. The number of carbonyl (C=O) groups excluding carboxylic acids is 3. The second kappa shape index (κ2) is 9.62. The van der Waals surface area contributed by atoms with Gasteiger partial charge in [-0.05, 0) is 56.5 Å². The molecule has 0 saturated heterocycles. The van der Waals surface area contributed by atoms with Gasteiger partial charge in [0.15, 0.2) is 0 Å². The van der Waals surface area contributed by atoms with Gasteiger partial charge < -0.3 is 20.9 Å². The van der Waals surface area contributed by atoms with E-state index < -0.39 is 5.82 Å². The third-order valence-electron chi connectivity index (χ3n) is 6.54. The van der Waals surface area contributed by atoms with Crippen molar-refractivity contribution in [1.29, 1.82) is 0 Å². The number of hydrogen-bond donors (Lipinski definition) is 2. The molecule has 0 aromatic heterocycles. The summed E-state index contributed by atoms with van der Waals surface area (Å²) in [4.78, 5) is 41.7. The number of nitrogens with zero attached hydrogens (tertiary/aromatic N) is 2. The summed E-state index contributed by atoms with van der Waals surface area (Å²) in [6, 6.07) is 9.80. The Kier molecular flexibility index (Phi) is 6.79. The van der Waals surface area contributed by atoms with Crippen LogP contribution in [0.2, 0.25) is 5.02 Å². The van der Waals surface area contributed by atoms with Crippen LogP contribution in [0.25, 0.3) is 0 Å². The molecule has 7 nitrogen and oxygen atoms in total. The van der Waals surface area contributed by atoms with Crippen LogP contribution >= 0.6 is 11.6 Å². The van der Waals surface area contributed by atoms with Crippen LogP contribution in [0.3, 0.4) is 0 Å². The molecule has 0 radical (unpaired) electrons. The first-order valence-corrected chi connectivity index (χ1v) is 11.7. The fourth-order valence-corrected chi connectivity index (χ4v) is 4.86. The maximum atomic E-state index is 14.1. The zero-order valence-corrected chi connectivity index (χ0v) is 19.9. The van der Waals surface area contributed by atoms with E-state index >= 15 is 0 Å². The van der Waals surface area contributed by atoms with Crippen LogP contribution in [-0.4, -0.2) is 47.7 Å². The Labute approximate surface area is 203 Å². The van der Waals surface area contributed by atoms with E-state index in [2.05, 4.69) is 5.32 Å². The maximum Gasteiger partial charge on any atom is 0.242 e. The Morgan fingerprint density at radius 3 is 2.65 bits per heavy atom. The maximum absolute atomic E-state index is 14.1. The summed E-state index contributed by atoms with van der Waals surface area (Å²) in [7, 11) is 0. The van der Waals surface area contributed by atoms with Crippen LogP contribution in [0, 0.1) is 5.82 Å². The smallest absolute Gasteiger partial charge is 0.242 e. The number of fused-ring (bicyclic) bond motifs is 1. The SMILES string of the molecule is CC(=O)C1c2cc(N)ccc2N(CC(=O)N(CC(=O)NCc2cccc(Cl)c2F)C2CC2)C1C. The van der Waals surface area contributed by atoms with Crippen LogP contribution in [0.15, 0.2) is 36.4 Å². The van der Waals surface area contributed by atoms with Crippen molar-refractivity contribution < 1.29 is 18.8 Å². The van der Waals surface area contributed by atoms with Gasteiger partial charge in [-0.3, -0.25) is 14.4 Å². The highest BCUT2D eigenvalue weighted by Gasteiger charge is 2.41. The third-order valence-corrected chi connectivity index (χ3v) is 6.84. The first-order valence-electron chi connectivity index (χ1n) is 11.3. The van der Waals surface area contributed by atoms with E-state index in [0.717, 1.165) is 24.1 Å². The lowest BCUT2D eigenvalue weighted by molar-refractivity contribution is -0.135.